The predicted molar refractivity (Wildman–Crippen MR) is 81.3 cm³/mol. The fraction of sp³-hybridized carbons (Fsp3) is 0.500. The molecule has 0 radical (unpaired) electrons. The van der Waals surface area contributed by atoms with Gasteiger partial charge in [0.05, 0.1) is 0 Å². The highest BCUT2D eigenvalue weighted by Crippen LogP contribution is 2.25. The predicted octanol–water partition coefficient (Wildman–Crippen LogP) is 5.05. The highest BCUT2D eigenvalue weighted by molar-refractivity contribution is 6.31. The van der Waals surface area contributed by atoms with Gasteiger partial charge >= 0.3 is 0 Å². The van der Waals surface area contributed by atoms with Crippen LogP contribution in [0.1, 0.15) is 50.3 Å². The first-order chi connectivity index (χ1) is 8.58. The molecule has 100 valence electrons. The average molecular weight is 266 g/mol. The lowest BCUT2D eigenvalue weighted by Crippen LogP contribution is -2.22. The van der Waals surface area contributed by atoms with Crippen LogP contribution in [0.4, 0.5) is 0 Å². The van der Waals surface area contributed by atoms with Crippen LogP contribution in [0.2, 0.25) is 5.02 Å². The number of hydrogen-bond donors (Lipinski definition) is 1. The fourth-order valence-electron chi connectivity index (χ4n) is 1.94. The van der Waals surface area contributed by atoms with Crippen molar-refractivity contribution in [2.75, 3.05) is 6.54 Å². The summed E-state index contributed by atoms with van der Waals surface area (Å²) in [5.74, 6) is 0. The van der Waals surface area contributed by atoms with Gasteiger partial charge in [0.1, 0.15) is 0 Å². The van der Waals surface area contributed by atoms with Gasteiger partial charge in [-0.25, -0.2) is 0 Å². The highest BCUT2D eigenvalue weighted by Gasteiger charge is 2.12. The number of halogens is 1. The summed E-state index contributed by atoms with van der Waals surface area (Å²) in [4.78, 5) is 0. The summed E-state index contributed by atoms with van der Waals surface area (Å²) >= 11 is 6.08. The SMILES string of the molecule is C=C(CC)CC(NCCC)c1ccc(Cl)c(C)c1. The van der Waals surface area contributed by atoms with E-state index in [0.717, 1.165) is 36.4 Å². The summed E-state index contributed by atoms with van der Waals surface area (Å²) < 4.78 is 0. The molecule has 1 nitrogen and oxygen atoms in total. The Balaban J connectivity index is 2.86. The lowest BCUT2D eigenvalue weighted by molar-refractivity contribution is 0.523. The molecule has 0 bridgehead atoms. The van der Waals surface area contributed by atoms with Crippen LogP contribution in [0.3, 0.4) is 0 Å². The quantitative estimate of drug-likeness (QED) is 0.681. The maximum Gasteiger partial charge on any atom is 0.0435 e. The molecular weight excluding hydrogens is 242 g/mol. The molecule has 1 rings (SSSR count). The Morgan fingerprint density at radius 1 is 1.39 bits per heavy atom. The zero-order valence-corrected chi connectivity index (χ0v) is 12.5. The van der Waals surface area contributed by atoms with E-state index in [1.165, 1.54) is 11.1 Å². The maximum atomic E-state index is 6.08. The van der Waals surface area contributed by atoms with Crippen molar-refractivity contribution in [3.05, 3.63) is 46.5 Å². The molecular formula is C16H24ClN. The standard InChI is InChI=1S/C16H24ClN/c1-5-9-18-16(10-12(3)6-2)14-7-8-15(17)13(4)11-14/h7-8,11,16,18H,3,5-6,9-10H2,1-2,4H3. The zero-order valence-electron chi connectivity index (χ0n) is 11.7. The van der Waals surface area contributed by atoms with Crippen molar-refractivity contribution in [2.24, 2.45) is 0 Å². The minimum Gasteiger partial charge on any atom is -0.310 e. The van der Waals surface area contributed by atoms with Crippen molar-refractivity contribution >= 4 is 11.6 Å². The van der Waals surface area contributed by atoms with E-state index in [0.29, 0.717) is 6.04 Å². The van der Waals surface area contributed by atoms with Gasteiger partial charge in [0.15, 0.2) is 0 Å². The molecule has 0 amide bonds. The van der Waals surface area contributed by atoms with Crippen molar-refractivity contribution in [2.45, 2.75) is 46.1 Å². The minimum atomic E-state index is 0.355. The van der Waals surface area contributed by atoms with E-state index in [1.807, 2.05) is 6.07 Å². The van der Waals surface area contributed by atoms with Gasteiger partial charge in [-0.2, -0.15) is 0 Å². The molecule has 18 heavy (non-hydrogen) atoms. The molecule has 0 aliphatic heterocycles. The van der Waals surface area contributed by atoms with Gasteiger partial charge in [-0.05, 0) is 49.9 Å². The van der Waals surface area contributed by atoms with Gasteiger partial charge in [0.25, 0.3) is 0 Å². The number of rotatable bonds is 7. The minimum absolute atomic E-state index is 0.355. The molecule has 0 heterocycles. The Bertz CT molecular complexity index is 398. The first kappa shape index (κ1) is 15.3. The smallest absolute Gasteiger partial charge is 0.0435 e. The van der Waals surface area contributed by atoms with Crippen LogP contribution in [0.5, 0.6) is 0 Å². The summed E-state index contributed by atoms with van der Waals surface area (Å²) in [5.41, 5.74) is 3.73. The Kier molecular flexibility index (Phi) is 6.45. The Hall–Kier alpha value is -0.790. The third-order valence-electron chi connectivity index (χ3n) is 3.22. The van der Waals surface area contributed by atoms with Crippen LogP contribution in [0.25, 0.3) is 0 Å². The lowest BCUT2D eigenvalue weighted by Gasteiger charge is -2.20. The molecule has 1 atom stereocenters. The van der Waals surface area contributed by atoms with Crippen LogP contribution in [-0.4, -0.2) is 6.54 Å². The third-order valence-corrected chi connectivity index (χ3v) is 3.64. The first-order valence-corrected chi connectivity index (χ1v) is 7.12. The Labute approximate surface area is 116 Å². The number of nitrogens with one attached hydrogen (secondary N) is 1. The summed E-state index contributed by atoms with van der Waals surface area (Å²) in [6.07, 6.45) is 3.18. The topological polar surface area (TPSA) is 12.0 Å². The van der Waals surface area contributed by atoms with Crippen LogP contribution in [0, 0.1) is 6.92 Å². The molecule has 2 heteroatoms. The van der Waals surface area contributed by atoms with Crippen LogP contribution >= 0.6 is 11.6 Å². The molecule has 1 aromatic rings. The van der Waals surface area contributed by atoms with Crippen LogP contribution in [-0.2, 0) is 0 Å². The van der Waals surface area contributed by atoms with Crippen molar-refractivity contribution < 1.29 is 0 Å². The van der Waals surface area contributed by atoms with Crippen LogP contribution in [0.15, 0.2) is 30.4 Å². The fourth-order valence-corrected chi connectivity index (χ4v) is 2.06. The summed E-state index contributed by atoms with van der Waals surface area (Å²) in [5, 5.41) is 4.43. The molecule has 1 unspecified atom stereocenters. The van der Waals surface area contributed by atoms with Crippen LogP contribution < -0.4 is 5.32 Å². The monoisotopic (exact) mass is 265 g/mol. The van der Waals surface area contributed by atoms with E-state index in [-0.39, 0.29) is 0 Å². The zero-order chi connectivity index (χ0) is 13.5. The van der Waals surface area contributed by atoms with E-state index in [2.05, 4.69) is 44.8 Å². The van der Waals surface area contributed by atoms with Crippen molar-refractivity contribution in [3.8, 4) is 0 Å². The van der Waals surface area contributed by atoms with Gasteiger partial charge in [0.2, 0.25) is 0 Å². The third kappa shape index (κ3) is 4.47. The molecule has 0 saturated carbocycles. The molecule has 1 aromatic carbocycles. The maximum absolute atomic E-state index is 6.08. The molecule has 0 aromatic heterocycles. The number of benzene rings is 1. The molecule has 1 N–H and O–H groups in total. The van der Waals surface area contributed by atoms with Gasteiger partial charge in [-0.15, -0.1) is 0 Å². The van der Waals surface area contributed by atoms with E-state index >= 15 is 0 Å². The van der Waals surface area contributed by atoms with Gasteiger partial charge in [0, 0.05) is 11.1 Å². The summed E-state index contributed by atoms with van der Waals surface area (Å²) in [6.45, 7) is 11.5. The van der Waals surface area contributed by atoms with Crippen molar-refractivity contribution in [1.82, 2.24) is 5.32 Å². The van der Waals surface area contributed by atoms with E-state index in [9.17, 15) is 0 Å². The number of aryl methyl sites for hydroxylation is 1. The van der Waals surface area contributed by atoms with Crippen molar-refractivity contribution in [1.29, 1.82) is 0 Å². The largest absolute Gasteiger partial charge is 0.310 e. The molecule has 0 fully saturated rings. The summed E-state index contributed by atoms with van der Waals surface area (Å²) in [6, 6.07) is 6.64. The normalized spacial score (nSPS) is 12.4. The molecule has 0 aliphatic rings. The number of hydrogen-bond acceptors (Lipinski definition) is 1. The Morgan fingerprint density at radius 2 is 2.11 bits per heavy atom. The van der Waals surface area contributed by atoms with Gasteiger partial charge in [-0.1, -0.05) is 49.7 Å². The van der Waals surface area contributed by atoms with E-state index in [1.54, 1.807) is 0 Å². The second-order valence-electron chi connectivity index (χ2n) is 4.82. The van der Waals surface area contributed by atoms with E-state index < -0.39 is 0 Å². The highest BCUT2D eigenvalue weighted by atomic mass is 35.5. The summed E-state index contributed by atoms with van der Waals surface area (Å²) in [7, 11) is 0. The second-order valence-corrected chi connectivity index (χ2v) is 5.23. The molecule has 0 spiro atoms. The van der Waals surface area contributed by atoms with Gasteiger partial charge in [-0.3, -0.25) is 0 Å². The van der Waals surface area contributed by atoms with E-state index in [4.69, 9.17) is 11.6 Å². The van der Waals surface area contributed by atoms with Crippen molar-refractivity contribution in [3.63, 3.8) is 0 Å². The molecule has 0 saturated heterocycles. The van der Waals surface area contributed by atoms with Gasteiger partial charge < -0.3 is 5.32 Å². The average Bonchev–Trinajstić information content (AvgIpc) is 2.37. The lowest BCUT2D eigenvalue weighted by atomic mass is 9.97. The first-order valence-electron chi connectivity index (χ1n) is 6.74. The second kappa shape index (κ2) is 7.60. The Morgan fingerprint density at radius 3 is 2.67 bits per heavy atom. The molecule has 0 aliphatic carbocycles.